The van der Waals surface area contributed by atoms with Crippen LogP contribution in [0.2, 0.25) is 0 Å². The van der Waals surface area contributed by atoms with Crippen molar-refractivity contribution in [1.29, 1.82) is 0 Å². The van der Waals surface area contributed by atoms with Gasteiger partial charge in [0.25, 0.3) is 5.56 Å². The second-order valence-electron chi connectivity index (χ2n) is 4.94. The molecule has 0 amide bonds. The number of hydrogen-bond donors (Lipinski definition) is 0. The van der Waals surface area contributed by atoms with E-state index < -0.39 is 0 Å². The Kier molecular flexibility index (Phi) is 3.27. The molecule has 23 heavy (non-hydrogen) atoms. The Bertz CT molecular complexity index is 1030. The van der Waals surface area contributed by atoms with Gasteiger partial charge in [0.1, 0.15) is 17.1 Å². The van der Waals surface area contributed by atoms with E-state index in [2.05, 4.69) is 9.97 Å². The zero-order valence-corrected chi connectivity index (χ0v) is 12.6. The molecule has 4 rings (SSSR count). The first-order valence-electron chi connectivity index (χ1n) is 6.84. The van der Waals surface area contributed by atoms with Crippen LogP contribution in [0.5, 0.6) is 0 Å². The van der Waals surface area contributed by atoms with E-state index >= 15 is 0 Å². The van der Waals surface area contributed by atoms with Crippen LogP contribution in [0.4, 0.5) is 4.39 Å². The summed E-state index contributed by atoms with van der Waals surface area (Å²) in [7, 11) is 0. The third-order valence-corrected chi connectivity index (χ3v) is 4.32. The van der Waals surface area contributed by atoms with Crippen LogP contribution < -0.4 is 5.56 Å². The molecule has 0 spiro atoms. The number of oxazole rings is 1. The van der Waals surface area contributed by atoms with E-state index in [-0.39, 0.29) is 17.9 Å². The Balaban J connectivity index is 1.65. The quantitative estimate of drug-likeness (QED) is 0.579. The van der Waals surface area contributed by atoms with E-state index in [9.17, 15) is 9.18 Å². The van der Waals surface area contributed by atoms with Gasteiger partial charge in [-0.15, -0.1) is 11.3 Å². The van der Waals surface area contributed by atoms with E-state index in [1.165, 1.54) is 34.4 Å². The summed E-state index contributed by atoms with van der Waals surface area (Å²) in [6.45, 7) is 0.195. The van der Waals surface area contributed by atoms with Crippen molar-refractivity contribution in [2.45, 2.75) is 6.54 Å². The number of halogens is 1. The van der Waals surface area contributed by atoms with Crippen molar-refractivity contribution in [3.63, 3.8) is 0 Å². The molecule has 0 fully saturated rings. The maximum absolute atomic E-state index is 13.0. The largest absolute Gasteiger partial charge is 0.439 e. The maximum atomic E-state index is 13.0. The molecule has 5 nitrogen and oxygen atoms in total. The van der Waals surface area contributed by atoms with Gasteiger partial charge >= 0.3 is 0 Å². The second kappa shape index (κ2) is 5.44. The van der Waals surface area contributed by atoms with Crippen molar-refractivity contribution in [2.75, 3.05) is 0 Å². The van der Waals surface area contributed by atoms with Crippen molar-refractivity contribution in [3.8, 4) is 11.3 Å². The van der Waals surface area contributed by atoms with Crippen molar-refractivity contribution >= 4 is 21.6 Å². The van der Waals surface area contributed by atoms with Gasteiger partial charge in [-0.1, -0.05) is 0 Å². The monoisotopic (exact) mass is 327 g/mol. The molecule has 0 radical (unpaired) electrons. The van der Waals surface area contributed by atoms with Gasteiger partial charge in [-0.05, 0) is 35.7 Å². The molecule has 0 unspecified atom stereocenters. The summed E-state index contributed by atoms with van der Waals surface area (Å²) in [6.07, 6.45) is 3.05. The van der Waals surface area contributed by atoms with Gasteiger partial charge < -0.3 is 4.42 Å². The average Bonchev–Trinajstić information content (AvgIpc) is 3.20. The number of rotatable bonds is 3. The van der Waals surface area contributed by atoms with Gasteiger partial charge in [0.05, 0.1) is 18.0 Å². The molecule has 3 heterocycles. The number of hydrogen-bond acceptors (Lipinski definition) is 5. The predicted octanol–water partition coefficient (Wildman–Crippen LogP) is 3.30. The molecule has 0 saturated carbocycles. The third-order valence-electron chi connectivity index (χ3n) is 3.42. The van der Waals surface area contributed by atoms with Gasteiger partial charge in [0.2, 0.25) is 5.89 Å². The molecule has 0 aliphatic rings. The first kappa shape index (κ1) is 13.8. The van der Waals surface area contributed by atoms with Gasteiger partial charge in [-0.25, -0.2) is 14.4 Å². The number of nitrogens with zero attached hydrogens (tertiary/aromatic N) is 3. The number of benzene rings is 1. The molecular weight excluding hydrogens is 317 g/mol. The minimum atomic E-state index is -0.310. The van der Waals surface area contributed by atoms with E-state index in [0.29, 0.717) is 21.9 Å². The zero-order valence-electron chi connectivity index (χ0n) is 11.8. The Morgan fingerprint density at radius 2 is 2.00 bits per heavy atom. The summed E-state index contributed by atoms with van der Waals surface area (Å²) < 4.78 is 20.7. The standard InChI is InChI=1S/C16H10FN3O2S/c17-11-3-1-10(2-4-11)13-7-18-14(22-13)8-20-9-19-12-5-6-23-15(12)16(20)21/h1-7,9H,8H2. The Morgan fingerprint density at radius 3 is 2.83 bits per heavy atom. The number of fused-ring (bicyclic) bond motifs is 1. The van der Waals surface area contributed by atoms with Crippen LogP contribution in [0.1, 0.15) is 5.89 Å². The average molecular weight is 327 g/mol. The minimum Gasteiger partial charge on any atom is -0.439 e. The van der Waals surface area contributed by atoms with E-state index in [0.717, 1.165) is 5.56 Å². The lowest BCUT2D eigenvalue weighted by molar-refractivity contribution is 0.484. The molecule has 0 aliphatic heterocycles. The molecule has 0 saturated heterocycles. The molecule has 1 aromatic carbocycles. The van der Waals surface area contributed by atoms with Crippen LogP contribution in [0.3, 0.4) is 0 Å². The van der Waals surface area contributed by atoms with Crippen molar-refractivity contribution in [2.24, 2.45) is 0 Å². The zero-order chi connectivity index (χ0) is 15.8. The maximum Gasteiger partial charge on any atom is 0.271 e. The van der Waals surface area contributed by atoms with Crippen molar-refractivity contribution < 1.29 is 8.81 Å². The molecule has 114 valence electrons. The smallest absolute Gasteiger partial charge is 0.271 e. The van der Waals surface area contributed by atoms with Gasteiger partial charge in [-0.3, -0.25) is 9.36 Å². The van der Waals surface area contributed by atoms with Gasteiger partial charge in [0, 0.05) is 5.56 Å². The van der Waals surface area contributed by atoms with Crippen LogP contribution in [0.25, 0.3) is 21.5 Å². The first-order chi connectivity index (χ1) is 11.2. The minimum absolute atomic E-state index is 0.119. The van der Waals surface area contributed by atoms with E-state index in [4.69, 9.17) is 4.42 Å². The SMILES string of the molecule is O=c1c2sccc2ncn1Cc1ncc(-c2ccc(F)cc2)o1. The fourth-order valence-corrected chi connectivity index (χ4v) is 3.06. The summed E-state index contributed by atoms with van der Waals surface area (Å²) in [5.41, 5.74) is 1.30. The highest BCUT2D eigenvalue weighted by atomic mass is 32.1. The normalized spacial score (nSPS) is 11.2. The van der Waals surface area contributed by atoms with Crippen LogP contribution >= 0.6 is 11.3 Å². The highest BCUT2D eigenvalue weighted by Gasteiger charge is 2.10. The van der Waals surface area contributed by atoms with Crippen LogP contribution in [0.15, 0.2) is 57.4 Å². The summed E-state index contributed by atoms with van der Waals surface area (Å²) in [5.74, 6) is 0.609. The van der Waals surface area contributed by atoms with Crippen LogP contribution in [-0.2, 0) is 6.54 Å². The molecule has 0 N–H and O–H groups in total. The lowest BCUT2D eigenvalue weighted by atomic mass is 10.2. The topological polar surface area (TPSA) is 60.9 Å². The summed E-state index contributed by atoms with van der Waals surface area (Å²) in [6, 6.07) is 7.76. The van der Waals surface area contributed by atoms with Crippen LogP contribution in [-0.4, -0.2) is 14.5 Å². The predicted molar refractivity (Wildman–Crippen MR) is 84.9 cm³/mol. The lowest BCUT2D eigenvalue weighted by Gasteiger charge is -2.01. The lowest BCUT2D eigenvalue weighted by Crippen LogP contribution is -2.20. The summed E-state index contributed by atoms with van der Waals surface area (Å²) in [4.78, 5) is 20.7. The second-order valence-corrected chi connectivity index (χ2v) is 5.85. The molecular formula is C16H10FN3O2S. The summed E-state index contributed by atoms with van der Waals surface area (Å²) in [5, 5.41) is 1.83. The number of aromatic nitrogens is 3. The van der Waals surface area contributed by atoms with E-state index in [1.807, 2.05) is 11.4 Å². The van der Waals surface area contributed by atoms with Crippen molar-refractivity contribution in [3.05, 3.63) is 70.3 Å². The molecule has 4 aromatic rings. The van der Waals surface area contributed by atoms with Crippen LogP contribution in [0, 0.1) is 5.82 Å². The highest BCUT2D eigenvalue weighted by Crippen LogP contribution is 2.21. The first-order valence-corrected chi connectivity index (χ1v) is 7.72. The Hall–Kier alpha value is -2.80. The molecule has 0 bridgehead atoms. The van der Waals surface area contributed by atoms with Gasteiger partial charge in [-0.2, -0.15) is 0 Å². The molecule has 0 aliphatic carbocycles. The Morgan fingerprint density at radius 1 is 1.17 bits per heavy atom. The van der Waals surface area contributed by atoms with Gasteiger partial charge in [0.15, 0.2) is 5.76 Å². The molecule has 0 atom stereocenters. The summed E-state index contributed by atoms with van der Waals surface area (Å²) >= 11 is 1.36. The number of thiophene rings is 1. The highest BCUT2D eigenvalue weighted by molar-refractivity contribution is 7.17. The third kappa shape index (κ3) is 2.55. The molecule has 7 heteroatoms. The molecule has 3 aromatic heterocycles. The Labute approximate surface area is 133 Å². The fraction of sp³-hybridized carbons (Fsp3) is 0.0625. The van der Waals surface area contributed by atoms with E-state index in [1.54, 1.807) is 18.3 Å². The van der Waals surface area contributed by atoms with Crippen molar-refractivity contribution in [1.82, 2.24) is 14.5 Å². The fourth-order valence-electron chi connectivity index (χ4n) is 2.27.